The molecule has 6 heteroatoms. The number of carbonyl (C=O) groups is 1. The van der Waals surface area contributed by atoms with Crippen LogP contribution in [0.4, 0.5) is 4.39 Å². The van der Waals surface area contributed by atoms with E-state index in [0.29, 0.717) is 49.6 Å². The third-order valence-electron chi connectivity index (χ3n) is 5.30. The number of halogens is 1. The Morgan fingerprint density at radius 1 is 1.13 bits per heavy atom. The molecule has 30 heavy (non-hydrogen) atoms. The lowest BCUT2D eigenvalue weighted by atomic mass is 10.1. The molecule has 0 atom stereocenters. The van der Waals surface area contributed by atoms with Crippen LogP contribution in [0.1, 0.15) is 42.8 Å². The van der Waals surface area contributed by atoms with Crippen LogP contribution >= 0.6 is 0 Å². The van der Waals surface area contributed by atoms with Crippen molar-refractivity contribution in [2.24, 2.45) is 0 Å². The Labute approximate surface area is 175 Å². The summed E-state index contributed by atoms with van der Waals surface area (Å²) in [6.07, 6.45) is 1.47. The van der Waals surface area contributed by atoms with E-state index in [1.165, 1.54) is 12.1 Å². The maximum absolute atomic E-state index is 13.2. The van der Waals surface area contributed by atoms with Crippen LogP contribution < -0.4 is 4.74 Å². The molecule has 1 amide bonds. The second-order valence-corrected chi connectivity index (χ2v) is 7.83. The van der Waals surface area contributed by atoms with Gasteiger partial charge in [0, 0.05) is 36.9 Å². The van der Waals surface area contributed by atoms with Crippen LogP contribution in [-0.4, -0.2) is 36.1 Å². The summed E-state index contributed by atoms with van der Waals surface area (Å²) in [7, 11) is 0. The molecule has 0 N–H and O–H groups in total. The summed E-state index contributed by atoms with van der Waals surface area (Å²) in [6, 6.07) is 13.7. The van der Waals surface area contributed by atoms with E-state index in [-0.39, 0.29) is 23.9 Å². The molecule has 158 valence electrons. The van der Waals surface area contributed by atoms with E-state index in [4.69, 9.17) is 13.9 Å². The van der Waals surface area contributed by atoms with Crippen molar-refractivity contribution in [2.45, 2.75) is 45.5 Å². The van der Waals surface area contributed by atoms with Gasteiger partial charge in [-0.1, -0.05) is 18.2 Å². The lowest BCUT2D eigenvalue weighted by molar-refractivity contribution is 0.0529. The van der Waals surface area contributed by atoms with Gasteiger partial charge in [-0.3, -0.25) is 4.79 Å². The quantitative estimate of drug-likeness (QED) is 0.561. The predicted octanol–water partition coefficient (Wildman–Crippen LogP) is 5.18. The highest BCUT2D eigenvalue weighted by molar-refractivity contribution is 5.99. The van der Waals surface area contributed by atoms with Crippen LogP contribution in [-0.2, 0) is 11.3 Å². The van der Waals surface area contributed by atoms with Gasteiger partial charge in [-0.15, -0.1) is 0 Å². The Morgan fingerprint density at radius 3 is 2.53 bits per heavy atom. The molecule has 1 aliphatic rings. The van der Waals surface area contributed by atoms with E-state index in [1.807, 2.05) is 38.1 Å². The number of hydrogen-bond donors (Lipinski definition) is 0. The van der Waals surface area contributed by atoms with Crippen molar-refractivity contribution in [1.29, 1.82) is 0 Å². The normalized spacial score (nSPS) is 15.1. The molecule has 0 spiro atoms. The van der Waals surface area contributed by atoms with E-state index in [0.717, 1.165) is 10.9 Å². The summed E-state index contributed by atoms with van der Waals surface area (Å²) >= 11 is 0. The molecule has 3 aromatic rings. The van der Waals surface area contributed by atoms with Crippen LogP contribution in [0.15, 0.2) is 52.9 Å². The highest BCUT2D eigenvalue weighted by Gasteiger charge is 2.29. The first kappa shape index (κ1) is 20.4. The summed E-state index contributed by atoms with van der Waals surface area (Å²) in [4.78, 5) is 15.0. The number of nitrogens with zero attached hydrogens (tertiary/aromatic N) is 1. The highest BCUT2D eigenvalue weighted by Crippen LogP contribution is 2.29. The fourth-order valence-corrected chi connectivity index (χ4v) is 3.69. The lowest BCUT2D eigenvalue weighted by Gasteiger charge is -2.32. The average Bonchev–Trinajstić information content (AvgIpc) is 3.12. The molecule has 4 rings (SSSR count). The SMILES string of the molecule is CC(C)OCc1c(C(=O)N2CCC(Oc3ccc(F)cc3)CC2)oc2ccccc12. The molecule has 1 aliphatic heterocycles. The van der Waals surface area contributed by atoms with Crippen LogP contribution in [0.5, 0.6) is 5.75 Å². The summed E-state index contributed by atoms with van der Waals surface area (Å²) in [5.41, 5.74) is 1.49. The summed E-state index contributed by atoms with van der Waals surface area (Å²) in [5, 5.41) is 0.913. The molecule has 0 aliphatic carbocycles. The largest absolute Gasteiger partial charge is 0.490 e. The lowest BCUT2D eigenvalue weighted by Crippen LogP contribution is -2.42. The van der Waals surface area contributed by atoms with Crippen molar-refractivity contribution in [2.75, 3.05) is 13.1 Å². The topological polar surface area (TPSA) is 51.9 Å². The number of rotatable bonds is 6. The van der Waals surface area contributed by atoms with Crippen LogP contribution in [0, 0.1) is 5.82 Å². The molecule has 1 fully saturated rings. The van der Waals surface area contributed by atoms with E-state index in [2.05, 4.69) is 0 Å². The molecule has 5 nitrogen and oxygen atoms in total. The predicted molar refractivity (Wildman–Crippen MR) is 112 cm³/mol. The van der Waals surface area contributed by atoms with Crippen molar-refractivity contribution in [1.82, 2.24) is 4.90 Å². The number of amides is 1. The summed E-state index contributed by atoms with van der Waals surface area (Å²) in [6.45, 7) is 5.42. The fourth-order valence-electron chi connectivity index (χ4n) is 3.69. The summed E-state index contributed by atoms with van der Waals surface area (Å²) < 4.78 is 30.7. The number of fused-ring (bicyclic) bond motifs is 1. The summed E-state index contributed by atoms with van der Waals surface area (Å²) in [5.74, 6) is 0.598. The van der Waals surface area contributed by atoms with Gasteiger partial charge in [0.25, 0.3) is 5.91 Å². The Bertz CT molecular complexity index is 1000. The van der Waals surface area contributed by atoms with Gasteiger partial charge in [0.05, 0.1) is 12.7 Å². The standard InChI is InChI=1S/C24H26FNO4/c1-16(2)28-15-21-20-5-3-4-6-22(20)30-23(21)24(27)26-13-11-19(12-14-26)29-18-9-7-17(25)8-10-18/h3-10,16,19H,11-15H2,1-2H3. The Kier molecular flexibility index (Phi) is 6.04. The third-order valence-corrected chi connectivity index (χ3v) is 5.30. The number of para-hydroxylation sites is 1. The highest BCUT2D eigenvalue weighted by atomic mass is 19.1. The molecule has 1 aromatic heterocycles. The number of ether oxygens (including phenoxy) is 2. The molecule has 1 saturated heterocycles. The van der Waals surface area contributed by atoms with Crippen LogP contribution in [0.2, 0.25) is 0 Å². The maximum atomic E-state index is 13.2. The zero-order valence-corrected chi connectivity index (χ0v) is 17.3. The number of piperidine rings is 1. The zero-order valence-electron chi connectivity index (χ0n) is 17.3. The Morgan fingerprint density at radius 2 is 1.83 bits per heavy atom. The van der Waals surface area contributed by atoms with E-state index in [1.54, 1.807) is 17.0 Å². The van der Waals surface area contributed by atoms with Crippen molar-refractivity contribution >= 4 is 16.9 Å². The van der Waals surface area contributed by atoms with Crippen molar-refractivity contribution < 1.29 is 23.1 Å². The number of likely N-dealkylation sites (tertiary alicyclic amines) is 1. The minimum atomic E-state index is -0.286. The average molecular weight is 411 g/mol. The van der Waals surface area contributed by atoms with E-state index in [9.17, 15) is 9.18 Å². The van der Waals surface area contributed by atoms with Crippen LogP contribution in [0.3, 0.4) is 0 Å². The van der Waals surface area contributed by atoms with Gasteiger partial charge in [-0.2, -0.15) is 0 Å². The maximum Gasteiger partial charge on any atom is 0.289 e. The Hall–Kier alpha value is -2.86. The minimum Gasteiger partial charge on any atom is -0.490 e. The van der Waals surface area contributed by atoms with Crippen molar-refractivity contribution in [3.8, 4) is 5.75 Å². The number of benzene rings is 2. The van der Waals surface area contributed by atoms with Gasteiger partial charge < -0.3 is 18.8 Å². The monoisotopic (exact) mass is 411 g/mol. The Balaban J connectivity index is 1.45. The minimum absolute atomic E-state index is 0.000991. The van der Waals surface area contributed by atoms with Gasteiger partial charge in [0.2, 0.25) is 0 Å². The zero-order chi connectivity index (χ0) is 21.1. The first-order chi connectivity index (χ1) is 14.5. The van der Waals surface area contributed by atoms with Gasteiger partial charge in [0.1, 0.15) is 23.3 Å². The number of furan rings is 1. The second-order valence-electron chi connectivity index (χ2n) is 7.83. The van der Waals surface area contributed by atoms with Crippen molar-refractivity contribution in [3.05, 3.63) is 65.7 Å². The van der Waals surface area contributed by atoms with Gasteiger partial charge in [-0.25, -0.2) is 4.39 Å². The molecule has 0 unspecified atom stereocenters. The van der Waals surface area contributed by atoms with Gasteiger partial charge in [0.15, 0.2) is 5.76 Å². The van der Waals surface area contributed by atoms with Crippen LogP contribution in [0.25, 0.3) is 11.0 Å². The molecular weight excluding hydrogens is 385 g/mol. The van der Waals surface area contributed by atoms with Gasteiger partial charge in [-0.05, 0) is 44.2 Å². The molecule has 2 heterocycles. The molecule has 0 radical (unpaired) electrons. The first-order valence-corrected chi connectivity index (χ1v) is 10.3. The number of carbonyl (C=O) groups excluding carboxylic acids is 1. The molecule has 2 aromatic carbocycles. The number of hydrogen-bond acceptors (Lipinski definition) is 4. The van der Waals surface area contributed by atoms with E-state index < -0.39 is 0 Å². The van der Waals surface area contributed by atoms with E-state index >= 15 is 0 Å². The fraction of sp³-hybridized carbons (Fsp3) is 0.375. The van der Waals surface area contributed by atoms with Crippen molar-refractivity contribution in [3.63, 3.8) is 0 Å². The molecule has 0 saturated carbocycles. The smallest absolute Gasteiger partial charge is 0.289 e. The second kappa shape index (κ2) is 8.88. The molecule has 0 bridgehead atoms. The molecular formula is C24H26FNO4. The first-order valence-electron chi connectivity index (χ1n) is 10.3. The third kappa shape index (κ3) is 4.49. The van der Waals surface area contributed by atoms with Gasteiger partial charge >= 0.3 is 0 Å².